The lowest BCUT2D eigenvalue weighted by Crippen LogP contribution is -2.10. The minimum Gasteiger partial charge on any atom is -0.355 e. The SMILES string of the molecule is Brc1ccc2c3ccccc3n(-c3ccc(-c4ccccc4)cc3)c2c1.[2H]c1c([2H])c([2H])c(N(c2ccc3c4ccccc4n(-c4ccc(-c5ccccc5)cc4)c3c2)c2cccc3c4ccccc4c4ccccc4c23)c([2H])c1[2H].[2H]c1c([2H])c([2H])c(Nc2cccc3c4ccccc4c4ccccc4c23)c([2H])c1[2H]. The number of para-hydroxylation sites is 4. The first-order valence-electron chi connectivity index (χ1n) is 38.6. The van der Waals surface area contributed by atoms with E-state index in [2.05, 4.69) is 243 Å². The molecule has 0 unspecified atom stereocenters. The largest absolute Gasteiger partial charge is 0.355 e. The molecule has 0 aliphatic carbocycles. The molecule has 2 heterocycles. The molecule has 0 aliphatic heterocycles. The van der Waals surface area contributed by atoms with Gasteiger partial charge >= 0.3 is 0 Å². The zero-order valence-corrected chi connectivity index (χ0v) is 56.0. The zero-order chi connectivity index (χ0) is 75.9. The van der Waals surface area contributed by atoms with Crippen molar-refractivity contribution < 1.29 is 13.7 Å². The fraction of sp³-hybridized carbons (Fsp3) is 0. The number of fused-ring (bicyclic) bond motifs is 18. The first kappa shape index (κ1) is 50.5. The minimum atomic E-state index is -0.428. The van der Waals surface area contributed by atoms with Crippen molar-refractivity contribution in [3.63, 3.8) is 0 Å². The number of hydrogen-bond donors (Lipinski definition) is 1. The van der Waals surface area contributed by atoms with Crippen molar-refractivity contribution in [2.75, 3.05) is 10.2 Å². The molecular formula is C96H65BrN4. The first-order valence-corrected chi connectivity index (χ1v) is 34.4. The molecular weight excluding hydrogens is 1290 g/mol. The summed E-state index contributed by atoms with van der Waals surface area (Å²) < 4.78 is 90.4. The van der Waals surface area contributed by atoms with Crippen LogP contribution in [-0.2, 0) is 0 Å². The second-order valence-corrected chi connectivity index (χ2v) is 25.9. The van der Waals surface area contributed by atoms with Gasteiger partial charge in [-0.2, -0.15) is 0 Å². The number of nitrogens with zero attached hydrogens (tertiary/aromatic N) is 3. The summed E-state index contributed by atoms with van der Waals surface area (Å²) >= 11 is 3.63. The van der Waals surface area contributed by atoms with Gasteiger partial charge in [-0.3, -0.25) is 0 Å². The first-order chi connectivity index (χ1) is 54.2. The van der Waals surface area contributed by atoms with E-state index in [1.165, 1.54) is 38.6 Å². The number of benzene rings is 18. The third-order valence-electron chi connectivity index (χ3n) is 19.2. The third kappa shape index (κ3) is 11.1. The van der Waals surface area contributed by atoms with E-state index in [9.17, 15) is 2.74 Å². The summed E-state index contributed by atoms with van der Waals surface area (Å²) in [5.74, 6) is 0. The molecule has 101 heavy (non-hydrogen) atoms. The van der Waals surface area contributed by atoms with Gasteiger partial charge in [0.25, 0.3) is 0 Å². The van der Waals surface area contributed by atoms with Crippen LogP contribution in [0, 0.1) is 0 Å². The molecule has 20 aromatic rings. The fourth-order valence-electron chi connectivity index (χ4n) is 14.8. The molecule has 0 aliphatic rings. The highest BCUT2D eigenvalue weighted by Crippen LogP contribution is 2.47. The molecule has 0 bridgehead atoms. The van der Waals surface area contributed by atoms with Crippen LogP contribution in [0.3, 0.4) is 0 Å². The molecule has 4 nitrogen and oxygen atoms in total. The van der Waals surface area contributed by atoms with Crippen molar-refractivity contribution in [3.8, 4) is 33.6 Å². The van der Waals surface area contributed by atoms with Crippen LogP contribution in [0.4, 0.5) is 28.4 Å². The molecule has 20 rings (SSSR count). The summed E-state index contributed by atoms with van der Waals surface area (Å²) in [5, 5.41) is 20.5. The molecule has 0 fully saturated rings. The predicted octanol–water partition coefficient (Wildman–Crippen LogP) is 27.5. The van der Waals surface area contributed by atoms with Gasteiger partial charge in [-0.05, 0) is 173 Å². The van der Waals surface area contributed by atoms with Gasteiger partial charge in [0.1, 0.15) is 0 Å². The highest BCUT2D eigenvalue weighted by atomic mass is 79.9. The Morgan fingerprint density at radius 3 is 1.13 bits per heavy atom. The standard InChI is InChI=1S/C48H32N2.C24H16BrN.C24H17N/c1-3-14-33(15-4-1)34-26-28-36(29-27-34)50-45-24-12-11-21-41(45)42-31-30-37(32-47(42)50)49(35-16-5-2-6-17-35)46-25-13-23-44-40-19-8-7-18-38(40)39-20-9-10-22-43(39)48(44)46;25-19-12-15-22-21-8-4-5-9-23(21)26(24(22)16-19)20-13-10-18(11-14-20)17-6-2-1-3-7-17;1-2-9-17(10-3-1)25-23-16-8-15-22-20-12-5-4-11-18(20)19-13-6-7-14-21(19)24(22)23/h1-32H;1-16H;1-16,25H/i2D,5D,6D,16D,17D;;1D,2D,3D,9D,10D. The number of halogens is 1. The third-order valence-corrected chi connectivity index (χ3v) is 19.7. The number of nitrogens with one attached hydrogen (secondary N) is 1. The zero-order valence-electron chi connectivity index (χ0n) is 64.4. The van der Waals surface area contributed by atoms with Crippen LogP contribution in [0.15, 0.2) is 392 Å². The van der Waals surface area contributed by atoms with Gasteiger partial charge in [-0.25, -0.2) is 0 Å². The maximum absolute atomic E-state index is 9.27. The van der Waals surface area contributed by atoms with E-state index >= 15 is 0 Å². The van der Waals surface area contributed by atoms with Crippen molar-refractivity contribution in [3.05, 3.63) is 392 Å². The van der Waals surface area contributed by atoms with Gasteiger partial charge in [0.05, 0.1) is 41.5 Å². The maximum Gasteiger partial charge on any atom is 0.0645 e. The number of hydrogen-bond acceptors (Lipinski definition) is 2. The Morgan fingerprint density at radius 1 is 0.267 bits per heavy atom. The molecule has 476 valence electrons. The summed E-state index contributed by atoms with van der Waals surface area (Å²) in [6.07, 6.45) is 0. The van der Waals surface area contributed by atoms with Gasteiger partial charge in [-0.15, -0.1) is 0 Å². The van der Waals surface area contributed by atoms with E-state index in [0.717, 1.165) is 108 Å². The highest BCUT2D eigenvalue weighted by Gasteiger charge is 2.22. The molecule has 0 atom stereocenters. The number of aromatic nitrogens is 2. The lowest BCUT2D eigenvalue weighted by atomic mass is 9.93. The summed E-state index contributed by atoms with van der Waals surface area (Å²) in [6.45, 7) is 0. The Morgan fingerprint density at radius 2 is 0.634 bits per heavy atom. The molecule has 0 saturated heterocycles. The van der Waals surface area contributed by atoms with Crippen molar-refractivity contribution in [1.82, 2.24) is 9.13 Å². The topological polar surface area (TPSA) is 25.1 Å². The Balaban J connectivity index is 0.000000129. The average Bonchev–Trinajstić information content (AvgIpc) is 1.66. The Labute approximate surface area is 608 Å². The van der Waals surface area contributed by atoms with Crippen molar-refractivity contribution in [2.24, 2.45) is 0 Å². The normalized spacial score (nSPS) is 12.8. The summed E-state index contributed by atoms with van der Waals surface area (Å²) in [6, 6.07) is 109. The van der Waals surface area contributed by atoms with Crippen LogP contribution in [0.1, 0.15) is 13.7 Å². The molecule has 1 N–H and O–H groups in total. The van der Waals surface area contributed by atoms with Crippen LogP contribution >= 0.6 is 15.9 Å². The Kier molecular flexibility index (Phi) is 13.1. The average molecular weight is 1360 g/mol. The second-order valence-electron chi connectivity index (χ2n) is 24.9. The second kappa shape index (κ2) is 26.2. The van der Waals surface area contributed by atoms with E-state index in [0.29, 0.717) is 17.1 Å². The van der Waals surface area contributed by atoms with Crippen LogP contribution in [0.2, 0.25) is 0 Å². The molecule has 0 saturated carbocycles. The van der Waals surface area contributed by atoms with E-state index in [1.54, 1.807) is 0 Å². The van der Waals surface area contributed by atoms with Crippen LogP contribution < -0.4 is 10.2 Å². The van der Waals surface area contributed by atoms with Crippen LogP contribution in [0.5, 0.6) is 0 Å². The quantitative estimate of drug-likeness (QED) is 0.146. The van der Waals surface area contributed by atoms with Gasteiger partial charge in [0.2, 0.25) is 0 Å². The molecule has 0 spiro atoms. The number of rotatable bonds is 9. The lowest BCUT2D eigenvalue weighted by molar-refractivity contribution is 1.18. The molecule has 5 heteroatoms. The number of anilines is 5. The van der Waals surface area contributed by atoms with E-state index in [1.807, 2.05) is 120 Å². The summed E-state index contributed by atoms with van der Waals surface area (Å²) in [5.41, 5.74) is 13.6. The van der Waals surface area contributed by atoms with Crippen molar-refractivity contribution in [2.45, 2.75) is 0 Å². The smallest absolute Gasteiger partial charge is 0.0645 e. The van der Waals surface area contributed by atoms with Crippen molar-refractivity contribution in [1.29, 1.82) is 0 Å². The Hall–Kier alpha value is -12.8. The molecule has 2 aromatic heterocycles. The van der Waals surface area contributed by atoms with E-state index in [4.69, 9.17) is 11.0 Å². The van der Waals surface area contributed by atoms with Gasteiger partial charge in [0, 0.05) is 70.9 Å². The highest BCUT2D eigenvalue weighted by molar-refractivity contribution is 9.10. The minimum absolute atomic E-state index is 0.0748. The summed E-state index contributed by atoms with van der Waals surface area (Å²) in [7, 11) is 0. The van der Waals surface area contributed by atoms with Crippen LogP contribution in [0.25, 0.3) is 142 Å². The van der Waals surface area contributed by atoms with Gasteiger partial charge < -0.3 is 19.4 Å². The molecule has 0 radical (unpaired) electrons. The Bertz CT molecular complexity index is 6980. The van der Waals surface area contributed by atoms with E-state index in [-0.39, 0.29) is 59.7 Å². The summed E-state index contributed by atoms with van der Waals surface area (Å²) in [4.78, 5) is 1.86. The monoisotopic (exact) mass is 1360 g/mol. The maximum atomic E-state index is 9.27. The fourth-order valence-corrected chi connectivity index (χ4v) is 15.2. The van der Waals surface area contributed by atoms with E-state index < -0.39 is 12.1 Å². The van der Waals surface area contributed by atoms with Gasteiger partial charge in [-0.1, -0.05) is 307 Å². The predicted molar refractivity (Wildman–Crippen MR) is 436 cm³/mol. The molecule has 18 aromatic carbocycles. The molecule has 0 amide bonds. The van der Waals surface area contributed by atoms with Crippen molar-refractivity contribution >= 4 is 153 Å². The lowest BCUT2D eigenvalue weighted by Gasteiger charge is -2.28. The van der Waals surface area contributed by atoms with Gasteiger partial charge in [0.15, 0.2) is 0 Å². The van der Waals surface area contributed by atoms with Crippen LogP contribution in [-0.4, -0.2) is 9.13 Å².